The molecule has 1 aromatic heterocycles. The van der Waals surface area contributed by atoms with Gasteiger partial charge in [0.25, 0.3) is 5.91 Å². The first-order chi connectivity index (χ1) is 21.4. The first kappa shape index (κ1) is 33.2. The van der Waals surface area contributed by atoms with E-state index in [1.165, 1.54) is 11.1 Å². The predicted molar refractivity (Wildman–Crippen MR) is 177 cm³/mol. The molecule has 4 atom stereocenters. The van der Waals surface area contributed by atoms with E-state index >= 15 is 0 Å². The van der Waals surface area contributed by atoms with E-state index < -0.39 is 13.9 Å². The molecule has 2 fully saturated rings. The van der Waals surface area contributed by atoms with Crippen molar-refractivity contribution in [2.75, 3.05) is 29.5 Å². The Balaban J connectivity index is 1.51. The summed E-state index contributed by atoms with van der Waals surface area (Å²) in [6.45, 7) is 13.8. The number of aromatic nitrogens is 3. The minimum atomic E-state index is -2.83. The normalized spacial score (nSPS) is 25.2. The summed E-state index contributed by atoms with van der Waals surface area (Å²) in [5.41, 5.74) is 4.11. The molecule has 0 saturated carbocycles. The van der Waals surface area contributed by atoms with E-state index in [4.69, 9.17) is 4.74 Å². The number of ether oxygens (including phenoxy) is 1. The van der Waals surface area contributed by atoms with Crippen molar-refractivity contribution >= 4 is 31.5 Å². The van der Waals surface area contributed by atoms with Crippen LogP contribution in [0.3, 0.4) is 0 Å². The summed E-state index contributed by atoms with van der Waals surface area (Å²) in [5.74, 6) is -0.313. The first-order valence-corrected chi connectivity index (χ1v) is 19.3. The summed E-state index contributed by atoms with van der Waals surface area (Å²) in [6.07, 6.45) is 10.00. The quantitative estimate of drug-likeness (QED) is 0.252. The first-order valence-electron chi connectivity index (χ1n) is 16.3. The second-order valence-electron chi connectivity index (χ2n) is 13.7. The summed E-state index contributed by atoms with van der Waals surface area (Å²) in [6, 6.07) is 5.90. The van der Waals surface area contributed by atoms with Gasteiger partial charge in [0.1, 0.15) is 0 Å². The van der Waals surface area contributed by atoms with Crippen LogP contribution in [0.5, 0.6) is 0 Å². The van der Waals surface area contributed by atoms with Gasteiger partial charge in [-0.1, -0.05) is 35.4 Å². The molecule has 1 aromatic carbocycles. The fourth-order valence-corrected chi connectivity index (χ4v) is 10.1. The molecular weight excluding hydrogens is 586 g/mol. The molecule has 45 heavy (non-hydrogen) atoms. The number of allylic oxidation sites excluding steroid dienone is 3. The van der Waals surface area contributed by atoms with E-state index in [0.29, 0.717) is 44.6 Å². The summed E-state index contributed by atoms with van der Waals surface area (Å²) < 4.78 is 8.74. The van der Waals surface area contributed by atoms with Gasteiger partial charge in [0.15, 0.2) is 13.9 Å². The van der Waals surface area contributed by atoms with Crippen LogP contribution in [0.4, 0.5) is 11.4 Å². The van der Waals surface area contributed by atoms with Gasteiger partial charge in [-0.25, -0.2) is 0 Å². The maximum atomic E-state index is 14.7. The fourth-order valence-electron chi connectivity index (χ4n) is 7.48. The van der Waals surface area contributed by atoms with E-state index in [1.54, 1.807) is 4.68 Å². The number of anilines is 2. The van der Waals surface area contributed by atoms with Crippen molar-refractivity contribution in [1.29, 1.82) is 0 Å². The van der Waals surface area contributed by atoms with Gasteiger partial charge in [-0.05, 0) is 77.7 Å². The predicted octanol–water partition coefficient (Wildman–Crippen LogP) is 4.87. The summed E-state index contributed by atoms with van der Waals surface area (Å²) in [5, 5.41) is 17.6. The summed E-state index contributed by atoms with van der Waals surface area (Å²) in [7, 11) is -2.83. The number of carbonyl (C=O) groups excluding carboxylic acids is 2. The van der Waals surface area contributed by atoms with Gasteiger partial charge in [-0.2, -0.15) is 0 Å². The van der Waals surface area contributed by atoms with Crippen LogP contribution in [-0.4, -0.2) is 70.8 Å². The topological polar surface area (TPSA) is 121 Å². The summed E-state index contributed by atoms with van der Waals surface area (Å²) in [4.78, 5) is 42.8. The van der Waals surface area contributed by atoms with Gasteiger partial charge >= 0.3 is 0 Å². The number of aryl methyl sites for hydroxylation is 1. The molecule has 0 unspecified atom stereocenters. The lowest BCUT2D eigenvalue weighted by Gasteiger charge is -2.32. The molecule has 4 heterocycles. The Morgan fingerprint density at radius 1 is 1.20 bits per heavy atom. The number of rotatable bonds is 12. The van der Waals surface area contributed by atoms with Crippen LogP contribution in [0.15, 0.2) is 47.7 Å². The maximum Gasteiger partial charge on any atom is 0.264 e. The molecule has 5 rings (SSSR count). The number of hydrogen-bond donors (Lipinski definition) is 2. The number of aliphatic hydroxyl groups excluding tert-OH is 1. The van der Waals surface area contributed by atoms with Crippen LogP contribution in [0.2, 0.25) is 18.6 Å². The van der Waals surface area contributed by atoms with E-state index in [-0.39, 0.29) is 36.0 Å². The van der Waals surface area contributed by atoms with E-state index in [2.05, 4.69) is 43.2 Å². The Morgan fingerprint density at radius 3 is 2.64 bits per heavy atom. The van der Waals surface area contributed by atoms with Gasteiger partial charge in [0, 0.05) is 68.0 Å². The minimum absolute atomic E-state index is 0.00401. The van der Waals surface area contributed by atoms with Crippen molar-refractivity contribution in [3.05, 3.63) is 59.0 Å². The van der Waals surface area contributed by atoms with Gasteiger partial charge in [-0.15, -0.1) is 5.10 Å². The maximum absolute atomic E-state index is 14.7. The van der Waals surface area contributed by atoms with Gasteiger partial charge in [0.2, 0.25) is 5.91 Å². The van der Waals surface area contributed by atoms with Crippen molar-refractivity contribution in [2.24, 2.45) is 5.92 Å². The SMILES string of the molecule is CC(C)=CCC/C(C)=C/CN1C(=O)[C@@]2(O[C@@H](CCn3cc(CCO)nn3)[C@H]([Si](C)(C)O)[C@H]2C)c2cc(N3CCCC3=O)ccc21. The number of aliphatic hydroxyl groups is 1. The molecular formula is C34H49N5O5Si. The molecule has 244 valence electrons. The van der Waals surface area contributed by atoms with Crippen LogP contribution in [0.25, 0.3) is 0 Å². The molecule has 11 heteroatoms. The number of hydrogen-bond acceptors (Lipinski definition) is 7. The lowest BCUT2D eigenvalue weighted by molar-refractivity contribution is -0.145. The molecule has 2 N–H and O–H groups in total. The smallest absolute Gasteiger partial charge is 0.264 e. The Labute approximate surface area is 267 Å². The number of nitrogens with zero attached hydrogens (tertiary/aromatic N) is 5. The molecule has 3 aliphatic rings. The highest BCUT2D eigenvalue weighted by Crippen LogP contribution is 2.60. The molecule has 3 aliphatic heterocycles. The highest BCUT2D eigenvalue weighted by molar-refractivity contribution is 6.71. The fraction of sp³-hybridized carbons (Fsp3) is 0.588. The van der Waals surface area contributed by atoms with Crippen molar-refractivity contribution in [3.8, 4) is 0 Å². The number of amides is 2. The van der Waals surface area contributed by atoms with Crippen molar-refractivity contribution in [1.82, 2.24) is 15.0 Å². The number of carbonyl (C=O) groups is 2. The van der Waals surface area contributed by atoms with Crippen molar-refractivity contribution in [3.63, 3.8) is 0 Å². The largest absolute Gasteiger partial charge is 0.432 e. The number of fused-ring (bicyclic) bond motifs is 2. The van der Waals surface area contributed by atoms with E-state index in [0.717, 1.165) is 36.2 Å². The molecule has 0 aliphatic carbocycles. The third-order valence-corrected chi connectivity index (χ3v) is 12.2. The lowest BCUT2D eigenvalue weighted by Crippen LogP contribution is -2.46. The van der Waals surface area contributed by atoms with E-state index in [9.17, 15) is 19.5 Å². The third kappa shape index (κ3) is 6.58. The van der Waals surface area contributed by atoms with Gasteiger partial charge in [-0.3, -0.25) is 14.3 Å². The second-order valence-corrected chi connectivity index (χ2v) is 17.7. The standard InChI is InChI=1S/C34H49N5O5Si/c1-23(2)9-7-10-24(3)14-19-39-29-13-12-27(38-17-8-11-31(38)41)21-28(29)34(33(39)42)25(4)32(45(5,6)43)30(44-34)15-18-37-22-26(16-20-40)35-36-37/h9,12-14,21-22,25,30,32,40,43H,7-8,10-11,15-20H2,1-6H3/b24-14+/t25-,30+,32-,34+/m1/s1. The lowest BCUT2D eigenvalue weighted by atomic mass is 9.82. The van der Waals surface area contributed by atoms with Crippen LogP contribution in [0, 0.1) is 5.92 Å². The number of benzene rings is 1. The minimum Gasteiger partial charge on any atom is -0.432 e. The zero-order valence-corrected chi connectivity index (χ0v) is 28.6. The zero-order valence-electron chi connectivity index (χ0n) is 27.6. The van der Waals surface area contributed by atoms with E-state index in [1.807, 2.05) is 54.2 Å². The van der Waals surface area contributed by atoms with Crippen molar-refractivity contribution in [2.45, 2.75) is 103 Å². The Kier molecular flexibility index (Phi) is 9.84. The van der Waals surface area contributed by atoms with Crippen LogP contribution in [0.1, 0.15) is 71.1 Å². The molecule has 2 saturated heterocycles. The molecule has 0 radical (unpaired) electrons. The molecule has 10 nitrogen and oxygen atoms in total. The molecule has 2 amide bonds. The van der Waals surface area contributed by atoms with Crippen LogP contribution >= 0.6 is 0 Å². The zero-order chi connectivity index (χ0) is 32.5. The highest BCUT2D eigenvalue weighted by Gasteiger charge is 2.66. The van der Waals surface area contributed by atoms with Gasteiger partial charge in [0.05, 0.1) is 17.5 Å². The second kappa shape index (κ2) is 13.3. The summed E-state index contributed by atoms with van der Waals surface area (Å²) >= 11 is 0. The molecule has 0 bridgehead atoms. The van der Waals surface area contributed by atoms with Crippen LogP contribution in [-0.2, 0) is 32.9 Å². The van der Waals surface area contributed by atoms with Gasteiger partial charge < -0.3 is 24.4 Å². The Hall–Kier alpha value is -3.12. The van der Waals surface area contributed by atoms with Crippen LogP contribution < -0.4 is 9.80 Å². The Morgan fingerprint density at radius 2 is 1.98 bits per heavy atom. The molecule has 1 spiro atoms. The average molecular weight is 636 g/mol. The molecule has 2 aromatic rings. The Bertz CT molecular complexity index is 1480. The highest BCUT2D eigenvalue weighted by atomic mass is 28.4. The van der Waals surface area contributed by atoms with Crippen molar-refractivity contribution < 1.29 is 24.2 Å². The average Bonchev–Trinajstić information content (AvgIpc) is 3.73. The monoisotopic (exact) mass is 635 g/mol. The third-order valence-electron chi connectivity index (χ3n) is 9.66.